The van der Waals surface area contributed by atoms with Crippen molar-refractivity contribution in [3.05, 3.63) is 52.8 Å². The Morgan fingerprint density at radius 1 is 1.23 bits per heavy atom. The molecule has 0 amide bonds. The second kappa shape index (κ2) is 14.3. The van der Waals surface area contributed by atoms with Crippen molar-refractivity contribution in [2.75, 3.05) is 19.4 Å². The Hall–Kier alpha value is -1.78. The third-order valence-electron chi connectivity index (χ3n) is 4.03. The molecule has 0 fully saturated rings. The van der Waals surface area contributed by atoms with Crippen LogP contribution in [0.15, 0.2) is 41.8 Å². The molecule has 2 aromatic heterocycles. The van der Waals surface area contributed by atoms with Crippen molar-refractivity contribution in [1.29, 1.82) is 0 Å². The number of ether oxygens (including phenoxy) is 2. The quantitative estimate of drug-likeness (QED) is 0.308. The van der Waals surface area contributed by atoms with Crippen LogP contribution in [0.4, 0.5) is 0 Å². The molecule has 1 aromatic carbocycles. The number of halogens is 3. The lowest BCUT2D eigenvalue weighted by Gasteiger charge is -2.14. The highest BCUT2D eigenvalue weighted by atomic mass is 35.5. The number of hydrogen-bond donors (Lipinski definition) is 1. The minimum Gasteiger partial charge on any atom is -0.493 e. The van der Waals surface area contributed by atoms with E-state index in [0.29, 0.717) is 29.7 Å². The van der Waals surface area contributed by atoms with Crippen LogP contribution in [0.2, 0.25) is 5.02 Å². The minimum absolute atomic E-state index is 0. The van der Waals surface area contributed by atoms with Crippen molar-refractivity contribution in [3.8, 4) is 11.5 Å². The van der Waals surface area contributed by atoms with Crippen molar-refractivity contribution in [2.24, 2.45) is 7.05 Å². The Labute approximate surface area is 203 Å². The van der Waals surface area contributed by atoms with E-state index in [1.807, 2.05) is 31.3 Å². The van der Waals surface area contributed by atoms with Crippen molar-refractivity contribution in [1.82, 2.24) is 30.5 Å². The standard InChI is InChI=1S/C19H23ClN6O2S.2ClH/c1-26-19(23-24-25-26)29-8-4-7-22-12-15-9-16(20)18(17(10-15)27-2)28-13-14-5-3-6-21-11-14;;/h3,5-6,9-11,22H,4,7-8,12-13H2,1-2H3;2*1H. The van der Waals surface area contributed by atoms with Gasteiger partial charge in [-0.05, 0) is 47.2 Å². The van der Waals surface area contributed by atoms with Gasteiger partial charge in [-0.15, -0.1) is 29.9 Å². The fourth-order valence-electron chi connectivity index (χ4n) is 2.59. The molecule has 2 heterocycles. The first-order chi connectivity index (χ1) is 14.2. The Kier molecular flexibility index (Phi) is 12.6. The number of hydrogen-bond acceptors (Lipinski definition) is 8. The summed E-state index contributed by atoms with van der Waals surface area (Å²) in [5.41, 5.74) is 2.00. The minimum atomic E-state index is 0. The predicted molar refractivity (Wildman–Crippen MR) is 127 cm³/mol. The van der Waals surface area contributed by atoms with E-state index in [1.54, 1.807) is 35.9 Å². The summed E-state index contributed by atoms with van der Waals surface area (Å²) in [4.78, 5) is 4.08. The molecular weight excluding hydrogens is 483 g/mol. The zero-order valence-electron chi connectivity index (χ0n) is 17.2. The molecule has 0 bridgehead atoms. The number of aromatic nitrogens is 5. The van der Waals surface area contributed by atoms with Crippen LogP contribution in [0.5, 0.6) is 11.5 Å². The van der Waals surface area contributed by atoms with E-state index in [2.05, 4.69) is 25.8 Å². The SMILES string of the molecule is COc1cc(CNCCCSc2nnnn2C)cc(Cl)c1OCc1cccnc1.Cl.Cl. The first-order valence-electron chi connectivity index (χ1n) is 9.11. The highest BCUT2D eigenvalue weighted by Gasteiger charge is 2.12. The molecule has 0 radical (unpaired) electrons. The normalized spacial score (nSPS) is 10.2. The molecule has 0 aliphatic rings. The Morgan fingerprint density at radius 3 is 2.74 bits per heavy atom. The summed E-state index contributed by atoms with van der Waals surface area (Å²) < 4.78 is 13.0. The summed E-state index contributed by atoms with van der Waals surface area (Å²) in [7, 11) is 3.44. The monoisotopic (exact) mass is 506 g/mol. The van der Waals surface area contributed by atoms with E-state index >= 15 is 0 Å². The third kappa shape index (κ3) is 8.34. The molecule has 3 aromatic rings. The number of methoxy groups -OCH3 is 1. The molecule has 0 saturated heterocycles. The lowest BCUT2D eigenvalue weighted by Crippen LogP contribution is -2.15. The second-order valence-electron chi connectivity index (χ2n) is 6.22. The summed E-state index contributed by atoms with van der Waals surface area (Å²) in [6.45, 7) is 1.94. The van der Waals surface area contributed by atoms with E-state index in [1.165, 1.54) is 0 Å². The Bertz CT molecular complexity index is 917. The first-order valence-corrected chi connectivity index (χ1v) is 10.5. The van der Waals surface area contributed by atoms with E-state index < -0.39 is 0 Å². The van der Waals surface area contributed by atoms with Gasteiger partial charge in [-0.3, -0.25) is 4.98 Å². The lowest BCUT2D eigenvalue weighted by atomic mass is 10.2. The topological polar surface area (TPSA) is 87.0 Å². The van der Waals surface area contributed by atoms with Gasteiger partial charge in [-0.2, -0.15) is 0 Å². The van der Waals surface area contributed by atoms with Gasteiger partial charge in [0.2, 0.25) is 5.16 Å². The molecule has 0 saturated carbocycles. The second-order valence-corrected chi connectivity index (χ2v) is 7.69. The Morgan fingerprint density at radius 2 is 2.06 bits per heavy atom. The van der Waals surface area contributed by atoms with Crippen LogP contribution in [0, 0.1) is 0 Å². The van der Waals surface area contributed by atoms with Gasteiger partial charge in [0, 0.05) is 37.3 Å². The van der Waals surface area contributed by atoms with Crippen LogP contribution in [-0.2, 0) is 20.2 Å². The number of aryl methyl sites for hydroxylation is 1. The average Bonchev–Trinajstić information content (AvgIpc) is 3.14. The van der Waals surface area contributed by atoms with E-state index in [0.717, 1.165) is 35.0 Å². The molecule has 1 N–H and O–H groups in total. The third-order valence-corrected chi connectivity index (χ3v) is 5.41. The maximum atomic E-state index is 6.44. The van der Waals surface area contributed by atoms with Crippen LogP contribution in [0.25, 0.3) is 0 Å². The van der Waals surface area contributed by atoms with Gasteiger partial charge in [-0.25, -0.2) is 4.68 Å². The number of thioether (sulfide) groups is 1. The summed E-state index contributed by atoms with van der Waals surface area (Å²) >= 11 is 8.08. The van der Waals surface area contributed by atoms with Crippen LogP contribution >= 0.6 is 48.2 Å². The molecule has 12 heteroatoms. The lowest BCUT2D eigenvalue weighted by molar-refractivity contribution is 0.284. The molecule has 0 spiro atoms. The highest BCUT2D eigenvalue weighted by Crippen LogP contribution is 2.37. The van der Waals surface area contributed by atoms with Gasteiger partial charge >= 0.3 is 0 Å². The predicted octanol–water partition coefficient (Wildman–Crippen LogP) is 3.96. The Balaban J connectivity index is 0.00000240. The van der Waals surface area contributed by atoms with E-state index in [4.69, 9.17) is 21.1 Å². The van der Waals surface area contributed by atoms with Crippen molar-refractivity contribution >= 4 is 48.2 Å². The van der Waals surface area contributed by atoms with E-state index in [-0.39, 0.29) is 24.8 Å². The molecule has 0 atom stereocenters. The molecule has 3 rings (SSSR count). The van der Waals surface area contributed by atoms with Gasteiger partial charge in [-0.1, -0.05) is 29.4 Å². The summed E-state index contributed by atoms with van der Waals surface area (Å²) in [5, 5.41) is 16.2. The number of benzene rings is 1. The number of nitrogens with zero attached hydrogens (tertiary/aromatic N) is 5. The number of nitrogens with one attached hydrogen (secondary N) is 1. The van der Waals surface area contributed by atoms with E-state index in [9.17, 15) is 0 Å². The maximum Gasteiger partial charge on any atom is 0.209 e. The molecule has 31 heavy (non-hydrogen) atoms. The zero-order chi connectivity index (χ0) is 20.5. The molecule has 0 aliphatic heterocycles. The molecule has 0 unspecified atom stereocenters. The highest BCUT2D eigenvalue weighted by molar-refractivity contribution is 7.99. The zero-order valence-corrected chi connectivity index (χ0v) is 20.4. The molecular formula is C19H25Cl3N6O2S. The number of pyridine rings is 1. The maximum absolute atomic E-state index is 6.44. The fraction of sp³-hybridized carbons (Fsp3) is 0.368. The first kappa shape index (κ1) is 27.3. The average molecular weight is 508 g/mol. The summed E-state index contributed by atoms with van der Waals surface area (Å²) in [6.07, 6.45) is 4.48. The molecule has 0 aliphatic carbocycles. The van der Waals surface area contributed by atoms with Crippen molar-refractivity contribution < 1.29 is 9.47 Å². The molecule has 8 nitrogen and oxygen atoms in total. The van der Waals surface area contributed by atoms with Crippen LogP contribution in [0.3, 0.4) is 0 Å². The van der Waals surface area contributed by atoms with Crippen molar-refractivity contribution in [2.45, 2.75) is 24.7 Å². The molecule has 170 valence electrons. The summed E-state index contributed by atoms with van der Waals surface area (Å²) in [5.74, 6) is 2.09. The smallest absolute Gasteiger partial charge is 0.209 e. The fourth-order valence-corrected chi connectivity index (χ4v) is 3.67. The van der Waals surface area contributed by atoms with Crippen LogP contribution < -0.4 is 14.8 Å². The number of tetrazole rings is 1. The van der Waals surface area contributed by atoms with Gasteiger partial charge < -0.3 is 14.8 Å². The number of rotatable bonds is 11. The largest absolute Gasteiger partial charge is 0.493 e. The summed E-state index contributed by atoms with van der Waals surface area (Å²) in [6, 6.07) is 7.66. The van der Waals surface area contributed by atoms with Crippen LogP contribution in [-0.4, -0.2) is 44.6 Å². The van der Waals surface area contributed by atoms with Crippen LogP contribution in [0.1, 0.15) is 17.5 Å². The van der Waals surface area contributed by atoms with Gasteiger partial charge in [0.05, 0.1) is 12.1 Å². The van der Waals surface area contributed by atoms with Gasteiger partial charge in [0.25, 0.3) is 0 Å². The van der Waals surface area contributed by atoms with Gasteiger partial charge in [0.15, 0.2) is 11.5 Å². The van der Waals surface area contributed by atoms with Gasteiger partial charge in [0.1, 0.15) is 6.61 Å². The van der Waals surface area contributed by atoms with Crippen molar-refractivity contribution in [3.63, 3.8) is 0 Å².